The lowest BCUT2D eigenvalue weighted by molar-refractivity contribution is -0.142. The first kappa shape index (κ1) is 14.0. The van der Waals surface area contributed by atoms with Crippen LogP contribution in [0, 0.1) is 11.8 Å². The number of aliphatic carboxylic acids is 1. The Kier molecular flexibility index (Phi) is 4.93. The zero-order chi connectivity index (χ0) is 13.0. The first-order valence-corrected chi connectivity index (χ1v) is 6.18. The van der Waals surface area contributed by atoms with Gasteiger partial charge in [0.1, 0.15) is 0 Å². The summed E-state index contributed by atoms with van der Waals surface area (Å²) in [6, 6.07) is 0.118. The van der Waals surface area contributed by atoms with Crippen LogP contribution in [0.3, 0.4) is 0 Å². The van der Waals surface area contributed by atoms with E-state index in [4.69, 9.17) is 10.8 Å². The lowest BCUT2D eigenvalue weighted by Gasteiger charge is -2.16. The molecule has 1 saturated heterocycles. The van der Waals surface area contributed by atoms with Crippen molar-refractivity contribution in [3.63, 3.8) is 0 Å². The molecule has 0 aromatic rings. The highest BCUT2D eigenvalue weighted by atomic mass is 16.4. The number of hydrogen-bond acceptors (Lipinski definition) is 3. The summed E-state index contributed by atoms with van der Waals surface area (Å²) < 4.78 is 0. The monoisotopic (exact) mass is 242 g/mol. The predicted octanol–water partition coefficient (Wildman–Crippen LogP) is 0.683. The Bertz CT molecular complexity index is 291. The molecule has 0 spiro atoms. The van der Waals surface area contributed by atoms with Crippen molar-refractivity contribution in [3.05, 3.63) is 0 Å². The summed E-state index contributed by atoms with van der Waals surface area (Å²) in [4.78, 5) is 24.4. The van der Waals surface area contributed by atoms with Gasteiger partial charge in [-0.15, -0.1) is 0 Å². The molecule has 1 rings (SSSR count). The molecule has 0 bridgehead atoms. The predicted molar refractivity (Wildman–Crippen MR) is 64.4 cm³/mol. The van der Waals surface area contributed by atoms with Gasteiger partial charge in [-0.25, -0.2) is 0 Å². The Labute approximate surface area is 102 Å². The normalized spacial score (nSPS) is 25.9. The first-order chi connectivity index (χ1) is 7.91. The summed E-state index contributed by atoms with van der Waals surface area (Å²) in [7, 11) is 0. The molecule has 1 heterocycles. The van der Waals surface area contributed by atoms with Gasteiger partial charge < -0.3 is 15.7 Å². The topological polar surface area (TPSA) is 83.6 Å². The van der Waals surface area contributed by atoms with E-state index in [1.807, 2.05) is 13.8 Å². The van der Waals surface area contributed by atoms with E-state index in [1.54, 1.807) is 4.90 Å². The van der Waals surface area contributed by atoms with Crippen molar-refractivity contribution < 1.29 is 14.7 Å². The maximum absolute atomic E-state index is 11.8. The average molecular weight is 242 g/mol. The summed E-state index contributed by atoms with van der Waals surface area (Å²) in [6.45, 7) is 4.72. The Hall–Kier alpha value is -1.10. The Morgan fingerprint density at radius 1 is 1.47 bits per heavy atom. The van der Waals surface area contributed by atoms with E-state index in [0.717, 1.165) is 12.8 Å². The van der Waals surface area contributed by atoms with Crippen LogP contribution in [0.5, 0.6) is 0 Å². The number of carbonyl (C=O) groups excluding carboxylic acids is 1. The largest absolute Gasteiger partial charge is 0.481 e. The van der Waals surface area contributed by atoms with E-state index in [0.29, 0.717) is 19.5 Å². The summed E-state index contributed by atoms with van der Waals surface area (Å²) in [5.41, 5.74) is 5.61. The molecule has 1 aliphatic heterocycles. The van der Waals surface area contributed by atoms with Crippen molar-refractivity contribution >= 4 is 11.9 Å². The highest BCUT2D eigenvalue weighted by Crippen LogP contribution is 2.23. The molecule has 3 N–H and O–H groups in total. The number of rotatable bonds is 5. The third-order valence-electron chi connectivity index (χ3n) is 3.33. The smallest absolute Gasteiger partial charge is 0.308 e. The number of carbonyl (C=O) groups is 2. The van der Waals surface area contributed by atoms with Crippen LogP contribution in [-0.2, 0) is 9.59 Å². The number of nitrogens with zero attached hydrogens (tertiary/aromatic N) is 1. The third kappa shape index (κ3) is 4.00. The van der Waals surface area contributed by atoms with Crippen molar-refractivity contribution in [2.24, 2.45) is 17.6 Å². The second kappa shape index (κ2) is 6.00. The molecule has 98 valence electrons. The van der Waals surface area contributed by atoms with Crippen molar-refractivity contribution in [1.82, 2.24) is 4.90 Å². The van der Waals surface area contributed by atoms with Gasteiger partial charge in [0, 0.05) is 25.6 Å². The lowest BCUT2D eigenvalue weighted by Crippen LogP contribution is -2.30. The highest BCUT2D eigenvalue weighted by molar-refractivity contribution is 5.78. The third-order valence-corrected chi connectivity index (χ3v) is 3.33. The molecule has 3 atom stereocenters. The van der Waals surface area contributed by atoms with Gasteiger partial charge in [-0.05, 0) is 25.7 Å². The summed E-state index contributed by atoms with van der Waals surface area (Å²) in [5, 5.41) is 8.98. The number of nitrogens with two attached hydrogens (primary N) is 1. The van der Waals surface area contributed by atoms with Crippen molar-refractivity contribution in [2.45, 2.75) is 39.2 Å². The maximum atomic E-state index is 11.8. The van der Waals surface area contributed by atoms with E-state index in [-0.39, 0.29) is 17.9 Å². The quantitative estimate of drug-likeness (QED) is 0.742. The van der Waals surface area contributed by atoms with Crippen LogP contribution in [0.15, 0.2) is 0 Å². The van der Waals surface area contributed by atoms with Crippen LogP contribution in [-0.4, -0.2) is 41.0 Å². The van der Waals surface area contributed by atoms with Crippen molar-refractivity contribution in [2.75, 3.05) is 13.1 Å². The summed E-state index contributed by atoms with van der Waals surface area (Å²) in [5.74, 6) is -1.11. The van der Waals surface area contributed by atoms with Crippen LogP contribution in [0.4, 0.5) is 0 Å². The van der Waals surface area contributed by atoms with Crippen LogP contribution in [0.25, 0.3) is 0 Å². The van der Waals surface area contributed by atoms with E-state index < -0.39 is 11.9 Å². The average Bonchev–Trinajstić information content (AvgIpc) is 2.59. The van der Waals surface area contributed by atoms with E-state index >= 15 is 0 Å². The fourth-order valence-corrected chi connectivity index (χ4v) is 2.23. The fraction of sp³-hybridized carbons (Fsp3) is 0.833. The van der Waals surface area contributed by atoms with Gasteiger partial charge in [-0.2, -0.15) is 0 Å². The molecule has 0 aliphatic carbocycles. The van der Waals surface area contributed by atoms with Gasteiger partial charge in [-0.1, -0.05) is 6.92 Å². The van der Waals surface area contributed by atoms with E-state index in [9.17, 15) is 9.59 Å². The molecular formula is C12H22N2O3. The van der Waals surface area contributed by atoms with Crippen molar-refractivity contribution in [3.8, 4) is 0 Å². The zero-order valence-electron chi connectivity index (χ0n) is 10.6. The standard InChI is InChI=1S/C12H22N2O3/c1-8-6-14(7-10(8)12(16)17)11(15)5-3-4-9(2)13/h8-10H,3-7,13H2,1-2H3,(H,16,17)/t8-,9?,10-/m1/s1. The molecule has 5 heteroatoms. The highest BCUT2D eigenvalue weighted by Gasteiger charge is 2.36. The van der Waals surface area contributed by atoms with Gasteiger partial charge in [0.05, 0.1) is 5.92 Å². The van der Waals surface area contributed by atoms with Gasteiger partial charge in [-0.3, -0.25) is 9.59 Å². The molecule has 1 amide bonds. The molecule has 0 aromatic carbocycles. The molecule has 1 aliphatic rings. The second-order valence-corrected chi connectivity index (χ2v) is 5.09. The molecule has 0 saturated carbocycles. The minimum Gasteiger partial charge on any atom is -0.481 e. The minimum atomic E-state index is -0.802. The molecule has 0 aromatic heterocycles. The van der Waals surface area contributed by atoms with E-state index in [1.165, 1.54) is 0 Å². The second-order valence-electron chi connectivity index (χ2n) is 5.09. The lowest BCUT2D eigenvalue weighted by atomic mass is 9.99. The van der Waals surface area contributed by atoms with Gasteiger partial charge in [0.25, 0.3) is 0 Å². The molecule has 1 unspecified atom stereocenters. The van der Waals surface area contributed by atoms with Crippen molar-refractivity contribution in [1.29, 1.82) is 0 Å². The number of likely N-dealkylation sites (tertiary alicyclic amines) is 1. The van der Waals surface area contributed by atoms with Gasteiger partial charge in [0.15, 0.2) is 0 Å². The first-order valence-electron chi connectivity index (χ1n) is 6.18. The Morgan fingerprint density at radius 2 is 2.12 bits per heavy atom. The van der Waals surface area contributed by atoms with Gasteiger partial charge >= 0.3 is 5.97 Å². The molecular weight excluding hydrogens is 220 g/mol. The van der Waals surface area contributed by atoms with Gasteiger partial charge in [0.2, 0.25) is 5.91 Å². The fourth-order valence-electron chi connectivity index (χ4n) is 2.23. The number of hydrogen-bond donors (Lipinski definition) is 2. The molecule has 5 nitrogen and oxygen atoms in total. The van der Waals surface area contributed by atoms with Crippen LogP contribution in [0.1, 0.15) is 33.1 Å². The zero-order valence-corrected chi connectivity index (χ0v) is 10.6. The summed E-state index contributed by atoms with van der Waals surface area (Å²) in [6.07, 6.45) is 2.08. The molecule has 0 radical (unpaired) electrons. The van der Waals surface area contributed by atoms with Crippen LogP contribution < -0.4 is 5.73 Å². The van der Waals surface area contributed by atoms with Crippen LogP contribution >= 0.6 is 0 Å². The Balaban J connectivity index is 2.37. The Morgan fingerprint density at radius 3 is 2.59 bits per heavy atom. The number of carboxylic acids is 1. The minimum absolute atomic E-state index is 0.0462. The molecule has 1 fully saturated rings. The summed E-state index contributed by atoms with van der Waals surface area (Å²) >= 11 is 0. The van der Waals surface area contributed by atoms with Crippen LogP contribution in [0.2, 0.25) is 0 Å². The molecule has 17 heavy (non-hydrogen) atoms. The number of amides is 1. The number of carboxylic acid groups (broad SMARTS) is 1. The maximum Gasteiger partial charge on any atom is 0.308 e. The van der Waals surface area contributed by atoms with E-state index in [2.05, 4.69) is 0 Å². The SMILES string of the molecule is CC(N)CCCC(=O)N1C[C@@H](C)[C@H](C(=O)O)C1.